The number of rotatable bonds is 4. The van der Waals surface area contributed by atoms with E-state index >= 15 is 0 Å². The second kappa shape index (κ2) is 6.62. The number of aryl methyl sites for hydroxylation is 1. The van der Waals surface area contributed by atoms with Crippen molar-refractivity contribution in [2.24, 2.45) is 0 Å². The zero-order valence-electron chi connectivity index (χ0n) is 14.3. The molecule has 0 unspecified atom stereocenters. The Morgan fingerprint density at radius 2 is 2.13 bits per heavy atom. The predicted molar refractivity (Wildman–Crippen MR) is 91.6 cm³/mol. The first kappa shape index (κ1) is 16.5. The Morgan fingerprint density at radius 3 is 2.91 bits per heavy atom. The van der Waals surface area contributed by atoms with E-state index in [0.717, 1.165) is 37.2 Å². The van der Waals surface area contributed by atoms with Crippen molar-refractivity contribution in [3.63, 3.8) is 0 Å². The largest absolute Gasteiger partial charge is 0.390 e. The Bertz CT molecular complexity index is 565. The summed E-state index contributed by atoms with van der Waals surface area (Å²) in [5, 5.41) is 9.87. The van der Waals surface area contributed by atoms with Crippen LogP contribution in [0, 0.1) is 0 Å². The van der Waals surface area contributed by atoms with E-state index in [9.17, 15) is 9.90 Å². The summed E-state index contributed by atoms with van der Waals surface area (Å²) in [6.07, 6.45) is 3.97. The maximum absolute atomic E-state index is 12.8. The van der Waals surface area contributed by atoms with Gasteiger partial charge in [0.2, 0.25) is 0 Å². The summed E-state index contributed by atoms with van der Waals surface area (Å²) in [5.74, 6) is 0.154. The Labute approximate surface area is 139 Å². The maximum Gasteiger partial charge on any atom is 0.253 e. The molecule has 0 bridgehead atoms. The van der Waals surface area contributed by atoms with E-state index in [-0.39, 0.29) is 5.91 Å². The molecule has 4 nitrogen and oxygen atoms in total. The van der Waals surface area contributed by atoms with E-state index < -0.39 is 5.60 Å². The lowest BCUT2D eigenvalue weighted by molar-refractivity contribution is 0.0571. The number of carbonyl (C=O) groups is 1. The highest BCUT2D eigenvalue weighted by Gasteiger charge is 2.32. The second-order valence-corrected chi connectivity index (χ2v) is 7.60. The van der Waals surface area contributed by atoms with Crippen molar-refractivity contribution in [1.82, 2.24) is 9.80 Å². The van der Waals surface area contributed by atoms with Gasteiger partial charge in [0.05, 0.1) is 5.60 Å². The number of nitrogens with zero attached hydrogens (tertiary/aromatic N) is 2. The summed E-state index contributed by atoms with van der Waals surface area (Å²) >= 11 is 0. The van der Waals surface area contributed by atoms with Crippen molar-refractivity contribution in [1.29, 1.82) is 0 Å². The molecule has 1 atom stereocenters. The van der Waals surface area contributed by atoms with Crippen LogP contribution in [0.1, 0.15) is 49.0 Å². The fourth-order valence-corrected chi connectivity index (χ4v) is 3.67. The third kappa shape index (κ3) is 4.12. The number of fused-ring (bicyclic) bond motifs is 1. The van der Waals surface area contributed by atoms with Crippen molar-refractivity contribution in [2.45, 2.75) is 51.2 Å². The first-order chi connectivity index (χ1) is 10.9. The Hall–Kier alpha value is -1.39. The number of piperazine rings is 1. The summed E-state index contributed by atoms with van der Waals surface area (Å²) in [5.41, 5.74) is 1.24. The first-order valence-corrected chi connectivity index (χ1v) is 8.77. The van der Waals surface area contributed by atoms with E-state index in [1.165, 1.54) is 19.4 Å². The van der Waals surface area contributed by atoms with Crippen molar-refractivity contribution in [3.05, 3.63) is 35.4 Å². The number of hydrogen-bond donors (Lipinski definition) is 1. The highest BCUT2D eigenvalue weighted by atomic mass is 16.3. The van der Waals surface area contributed by atoms with Crippen LogP contribution in [0.5, 0.6) is 0 Å². The van der Waals surface area contributed by atoms with Gasteiger partial charge >= 0.3 is 0 Å². The average molecular weight is 316 g/mol. The van der Waals surface area contributed by atoms with Crippen LogP contribution < -0.4 is 0 Å². The monoisotopic (exact) mass is 316 g/mol. The topological polar surface area (TPSA) is 43.8 Å². The summed E-state index contributed by atoms with van der Waals surface area (Å²) in [7, 11) is 0. The third-order valence-corrected chi connectivity index (χ3v) is 5.07. The van der Waals surface area contributed by atoms with Gasteiger partial charge < -0.3 is 10.0 Å². The number of hydrogen-bond acceptors (Lipinski definition) is 3. The van der Waals surface area contributed by atoms with E-state index in [1.54, 1.807) is 0 Å². The van der Waals surface area contributed by atoms with Crippen molar-refractivity contribution >= 4 is 5.91 Å². The lowest BCUT2D eigenvalue weighted by Crippen LogP contribution is -2.52. The fourth-order valence-electron chi connectivity index (χ4n) is 3.67. The van der Waals surface area contributed by atoms with E-state index in [0.29, 0.717) is 12.5 Å². The van der Waals surface area contributed by atoms with Gasteiger partial charge in [-0.3, -0.25) is 9.69 Å². The van der Waals surface area contributed by atoms with Gasteiger partial charge in [0.1, 0.15) is 0 Å². The molecule has 126 valence electrons. The smallest absolute Gasteiger partial charge is 0.253 e. The van der Waals surface area contributed by atoms with Gasteiger partial charge in [0.15, 0.2) is 0 Å². The molecule has 2 aliphatic rings. The van der Waals surface area contributed by atoms with Gasteiger partial charge in [0.25, 0.3) is 5.91 Å². The van der Waals surface area contributed by atoms with Crippen LogP contribution >= 0.6 is 0 Å². The molecule has 0 aromatic heterocycles. The molecule has 1 amide bonds. The Morgan fingerprint density at radius 1 is 1.30 bits per heavy atom. The molecule has 0 spiro atoms. The van der Waals surface area contributed by atoms with E-state index in [4.69, 9.17) is 0 Å². The summed E-state index contributed by atoms with van der Waals surface area (Å²) in [4.78, 5) is 17.3. The molecule has 0 radical (unpaired) electrons. The quantitative estimate of drug-likeness (QED) is 0.927. The number of aliphatic hydroxyl groups is 1. The molecule has 0 aliphatic carbocycles. The molecule has 1 aromatic rings. The van der Waals surface area contributed by atoms with Crippen molar-refractivity contribution in [3.8, 4) is 0 Å². The van der Waals surface area contributed by atoms with Gasteiger partial charge in [-0.05, 0) is 63.8 Å². The van der Waals surface area contributed by atoms with Crippen LogP contribution in [-0.4, -0.2) is 58.6 Å². The van der Waals surface area contributed by atoms with Gasteiger partial charge in [-0.15, -0.1) is 0 Å². The SMILES string of the molecule is CC(C)(O)CCc1cccc(C(=O)N2CCN3CCC[C@H]3C2)c1. The number of benzene rings is 1. The molecule has 2 heterocycles. The molecule has 23 heavy (non-hydrogen) atoms. The van der Waals surface area contributed by atoms with E-state index in [1.807, 2.05) is 43.0 Å². The molecule has 1 aromatic carbocycles. The highest BCUT2D eigenvalue weighted by Crippen LogP contribution is 2.23. The Kier molecular flexibility index (Phi) is 4.74. The van der Waals surface area contributed by atoms with Crippen LogP contribution in [0.3, 0.4) is 0 Å². The summed E-state index contributed by atoms with van der Waals surface area (Å²) < 4.78 is 0. The number of amides is 1. The lowest BCUT2D eigenvalue weighted by atomic mass is 9.97. The van der Waals surface area contributed by atoms with Gasteiger partial charge in [0, 0.05) is 31.2 Å². The zero-order valence-corrected chi connectivity index (χ0v) is 14.3. The molecule has 0 saturated carbocycles. The van der Waals surface area contributed by atoms with Gasteiger partial charge in [-0.25, -0.2) is 0 Å². The predicted octanol–water partition coefficient (Wildman–Crippen LogP) is 2.31. The minimum atomic E-state index is -0.668. The highest BCUT2D eigenvalue weighted by molar-refractivity contribution is 5.94. The van der Waals surface area contributed by atoms with Crippen LogP contribution in [0.15, 0.2) is 24.3 Å². The molecule has 1 N–H and O–H groups in total. The molecule has 2 saturated heterocycles. The third-order valence-electron chi connectivity index (χ3n) is 5.07. The molecular formula is C19H28N2O2. The zero-order chi connectivity index (χ0) is 16.4. The number of carbonyl (C=O) groups excluding carboxylic acids is 1. The normalized spacial score (nSPS) is 22.2. The van der Waals surface area contributed by atoms with Gasteiger partial charge in [-0.2, -0.15) is 0 Å². The molecule has 2 fully saturated rings. The fraction of sp³-hybridized carbons (Fsp3) is 0.632. The van der Waals surface area contributed by atoms with E-state index in [2.05, 4.69) is 4.90 Å². The summed E-state index contributed by atoms with van der Waals surface area (Å²) in [6, 6.07) is 8.47. The minimum absolute atomic E-state index is 0.154. The second-order valence-electron chi connectivity index (χ2n) is 7.60. The minimum Gasteiger partial charge on any atom is -0.390 e. The van der Waals surface area contributed by atoms with Crippen molar-refractivity contribution in [2.75, 3.05) is 26.2 Å². The van der Waals surface area contributed by atoms with Crippen LogP contribution in [0.4, 0.5) is 0 Å². The lowest BCUT2D eigenvalue weighted by Gasteiger charge is -2.37. The first-order valence-electron chi connectivity index (χ1n) is 8.77. The Balaban J connectivity index is 1.65. The average Bonchev–Trinajstić information content (AvgIpc) is 2.99. The van der Waals surface area contributed by atoms with Crippen LogP contribution in [0.25, 0.3) is 0 Å². The van der Waals surface area contributed by atoms with Crippen molar-refractivity contribution < 1.29 is 9.90 Å². The molecule has 3 rings (SSSR count). The maximum atomic E-state index is 12.8. The molecular weight excluding hydrogens is 288 g/mol. The molecule has 2 aliphatic heterocycles. The standard InChI is InChI=1S/C19H28N2O2/c1-19(2,23)9-8-15-5-3-6-16(13-15)18(22)21-12-11-20-10-4-7-17(20)14-21/h3,5-6,13,17,23H,4,7-12,14H2,1-2H3/t17-/m0/s1. The van der Waals surface area contributed by atoms with Gasteiger partial charge in [-0.1, -0.05) is 12.1 Å². The summed E-state index contributed by atoms with van der Waals surface area (Å²) in [6.45, 7) is 7.55. The molecule has 4 heteroatoms. The van der Waals surface area contributed by atoms with Crippen LogP contribution in [0.2, 0.25) is 0 Å². The van der Waals surface area contributed by atoms with Crippen LogP contribution in [-0.2, 0) is 6.42 Å².